The van der Waals surface area contributed by atoms with Crippen molar-refractivity contribution in [1.29, 1.82) is 0 Å². The fraction of sp³-hybridized carbons (Fsp3) is 0.333. The molecule has 1 aromatic rings. The number of halogens is 3. The van der Waals surface area contributed by atoms with Gasteiger partial charge in [0.15, 0.2) is 0 Å². The van der Waals surface area contributed by atoms with Gasteiger partial charge in [0.25, 0.3) is 0 Å². The number of nitro groups is 1. The molecule has 0 aliphatic carbocycles. The number of aromatic nitrogens is 2. The predicted molar refractivity (Wildman–Crippen MR) is 54.7 cm³/mol. The third-order valence-corrected chi connectivity index (χ3v) is 1.40. The van der Waals surface area contributed by atoms with Gasteiger partial charge in [-0.15, -0.1) is 23.2 Å². The van der Waals surface area contributed by atoms with Crippen LogP contribution in [0.2, 0.25) is 10.3 Å². The molecule has 5 nitrogen and oxygen atoms in total. The summed E-state index contributed by atoms with van der Waals surface area (Å²) in [5.74, 6) is 0. The third-order valence-electron chi connectivity index (χ3n) is 0.870. The van der Waals surface area contributed by atoms with Gasteiger partial charge >= 0.3 is 27.0 Å². The van der Waals surface area contributed by atoms with Crippen molar-refractivity contribution in [2.75, 3.05) is 0 Å². The summed E-state index contributed by atoms with van der Waals surface area (Å²) < 4.78 is 0. The van der Waals surface area contributed by atoms with Crippen molar-refractivity contribution in [3.63, 3.8) is 0 Å². The predicted octanol–water partition coefficient (Wildman–Crippen LogP) is 3.20. The zero-order valence-electron chi connectivity index (χ0n) is 8.00. The molecule has 0 fully saturated rings. The first-order valence-electron chi connectivity index (χ1n) is 3.63. The Morgan fingerprint density at radius 2 is 1.60 bits per heavy atom. The molecule has 0 bridgehead atoms. The van der Waals surface area contributed by atoms with Gasteiger partial charge < -0.3 is 9.97 Å². The van der Waals surface area contributed by atoms with E-state index in [0.717, 1.165) is 17.3 Å². The number of nitrogens with zero attached hydrogens (tertiary/aromatic N) is 3. The van der Waals surface area contributed by atoms with E-state index in [1.165, 1.54) is 0 Å². The van der Waals surface area contributed by atoms with E-state index in [1.54, 1.807) is 0 Å². The van der Waals surface area contributed by atoms with Crippen LogP contribution in [0.3, 0.4) is 0 Å². The van der Waals surface area contributed by atoms with Crippen LogP contribution in [0.1, 0.15) is 13.8 Å². The summed E-state index contributed by atoms with van der Waals surface area (Å²) in [6.45, 7) is 4.00. The first-order valence-corrected chi connectivity index (χ1v) is 8.28. The molecule has 9 heteroatoms. The summed E-state index contributed by atoms with van der Waals surface area (Å²) in [6.07, 6.45) is 2.06. The monoisotopic (exact) mass is 321 g/mol. The topological polar surface area (TPSA) is 68.9 Å². The van der Waals surface area contributed by atoms with Gasteiger partial charge in [-0.2, -0.15) is 0 Å². The minimum atomic E-state index is -0.751. The molecular formula is C6H6Cl3N3O2Zn. The van der Waals surface area contributed by atoms with E-state index in [0.29, 0.717) is 0 Å². The molecule has 0 saturated heterocycles. The van der Waals surface area contributed by atoms with E-state index in [4.69, 9.17) is 32.9 Å². The molecule has 15 heavy (non-hydrogen) atoms. The Morgan fingerprint density at radius 1 is 1.27 bits per heavy atom. The Bertz CT molecular complexity index is 293. The summed E-state index contributed by atoms with van der Waals surface area (Å²) in [5.41, 5.74) is -0.493. The molecule has 1 aromatic heterocycles. The fourth-order valence-electron chi connectivity index (χ4n) is 0.454. The minimum absolute atomic E-state index is 0.310. The molecule has 0 amide bonds. The van der Waals surface area contributed by atoms with Crippen LogP contribution in [0.25, 0.3) is 0 Å². The maximum atomic E-state index is 10.2. The standard InChI is InChI=1S/C4Cl2N3O2.C2H6.ClH.Zn/c5-3-2(9(10)11)4(6)8-1-7-3;1-2;;/h;1-2H3;1H;/q-1;;;+2/p-1. The number of hydrogen-bond donors (Lipinski definition) is 0. The molecule has 0 unspecified atom stereocenters. The van der Waals surface area contributed by atoms with Crippen LogP contribution in [-0.2, 0) is 17.3 Å². The van der Waals surface area contributed by atoms with Crippen molar-refractivity contribution in [1.82, 2.24) is 9.97 Å². The van der Waals surface area contributed by atoms with Gasteiger partial charge in [0, 0.05) is 11.3 Å². The van der Waals surface area contributed by atoms with E-state index < -0.39 is 10.6 Å². The van der Waals surface area contributed by atoms with Crippen molar-refractivity contribution in [3.05, 3.63) is 26.7 Å². The van der Waals surface area contributed by atoms with Crippen LogP contribution >= 0.6 is 32.9 Å². The quantitative estimate of drug-likeness (QED) is 0.262. The van der Waals surface area contributed by atoms with E-state index >= 15 is 0 Å². The van der Waals surface area contributed by atoms with Crippen LogP contribution in [-0.4, -0.2) is 14.9 Å². The Hall–Kier alpha value is -0.0266. The van der Waals surface area contributed by atoms with Crippen molar-refractivity contribution >= 4 is 38.6 Å². The van der Waals surface area contributed by atoms with Gasteiger partial charge in [0.1, 0.15) is 0 Å². The Morgan fingerprint density at radius 3 is 1.80 bits per heavy atom. The van der Waals surface area contributed by atoms with E-state index in [1.807, 2.05) is 13.8 Å². The second kappa shape index (κ2) is 10.5. The molecule has 0 saturated carbocycles. The molecule has 80 valence electrons. The van der Waals surface area contributed by atoms with E-state index in [9.17, 15) is 10.1 Å². The van der Waals surface area contributed by atoms with E-state index in [2.05, 4.69) is 16.3 Å². The molecule has 0 N–H and O–H groups in total. The van der Waals surface area contributed by atoms with E-state index in [-0.39, 0.29) is 10.3 Å². The van der Waals surface area contributed by atoms with Gasteiger partial charge in [-0.3, -0.25) is 10.1 Å². The third kappa shape index (κ3) is 6.20. The first-order chi connectivity index (χ1) is 7.13. The molecule has 0 aromatic carbocycles. The Labute approximate surface area is 111 Å². The first kappa shape index (κ1) is 17.4. The van der Waals surface area contributed by atoms with Crippen molar-refractivity contribution in [2.24, 2.45) is 0 Å². The molecular weight excluding hydrogens is 318 g/mol. The summed E-state index contributed by atoms with van der Waals surface area (Å²) in [5, 5.41) is 9.57. The zero-order valence-corrected chi connectivity index (χ0v) is 13.2. The summed E-state index contributed by atoms with van der Waals surface area (Å²) in [7, 11) is 4.76. The summed E-state index contributed by atoms with van der Waals surface area (Å²) in [6, 6.07) is 0. The number of hydrogen-bond acceptors (Lipinski definition) is 4. The van der Waals surface area contributed by atoms with Crippen LogP contribution in [0, 0.1) is 16.4 Å². The molecule has 0 aliphatic heterocycles. The molecule has 0 aliphatic rings. The van der Waals surface area contributed by atoms with Gasteiger partial charge in [-0.25, -0.2) is 0 Å². The van der Waals surface area contributed by atoms with Crippen LogP contribution in [0.15, 0.2) is 0 Å². The second-order valence-corrected chi connectivity index (χ2v) is 2.23. The normalized spacial score (nSPS) is 7.93. The molecule has 1 heterocycles. The van der Waals surface area contributed by atoms with Crippen molar-refractivity contribution in [2.45, 2.75) is 13.8 Å². The Balaban J connectivity index is 0. The average Bonchev–Trinajstić information content (AvgIpc) is 2.23. The summed E-state index contributed by atoms with van der Waals surface area (Å²) in [4.78, 5) is 16.0. The summed E-state index contributed by atoms with van der Waals surface area (Å²) >= 11 is 11.5. The van der Waals surface area contributed by atoms with Gasteiger partial charge in [0.2, 0.25) is 5.69 Å². The molecule has 1 rings (SSSR count). The van der Waals surface area contributed by atoms with Gasteiger partial charge in [-0.1, -0.05) is 13.8 Å². The zero-order chi connectivity index (χ0) is 12.4. The van der Waals surface area contributed by atoms with Crippen molar-refractivity contribution in [3.8, 4) is 0 Å². The van der Waals surface area contributed by atoms with Gasteiger partial charge in [0.05, 0.1) is 10.3 Å². The second-order valence-electron chi connectivity index (χ2n) is 1.51. The average molecular weight is 324 g/mol. The van der Waals surface area contributed by atoms with Crippen LogP contribution in [0.4, 0.5) is 5.69 Å². The van der Waals surface area contributed by atoms with Crippen molar-refractivity contribution < 1.29 is 22.2 Å². The molecule has 0 atom stereocenters. The Kier molecular flexibility index (Phi) is 12.1. The fourth-order valence-corrected chi connectivity index (χ4v) is 0.895. The number of rotatable bonds is 1. The van der Waals surface area contributed by atoms with Crippen LogP contribution in [0.5, 0.6) is 0 Å². The van der Waals surface area contributed by atoms with Crippen LogP contribution < -0.4 is 0 Å². The SMILES string of the molecule is CC.O=[N+]([O-])c1c(Cl)n[c-]nc1Cl.[Cl][Zn+]. The maximum absolute atomic E-state index is 10.2. The van der Waals surface area contributed by atoms with Gasteiger partial charge in [-0.05, 0) is 0 Å². The molecule has 0 spiro atoms. The molecule has 0 radical (unpaired) electrons.